The number of carbonyl (C=O) groups is 2. The first-order valence-corrected chi connectivity index (χ1v) is 5.87. The van der Waals surface area contributed by atoms with E-state index in [4.69, 9.17) is 0 Å². The number of hydrogen-bond donors (Lipinski definition) is 0. The molecule has 0 saturated carbocycles. The van der Waals surface area contributed by atoms with Gasteiger partial charge in [0.1, 0.15) is 12.6 Å². The molecule has 0 spiro atoms. The summed E-state index contributed by atoms with van der Waals surface area (Å²) in [7, 11) is 0. The lowest BCUT2D eigenvalue weighted by molar-refractivity contribution is -0.114. The summed E-state index contributed by atoms with van der Waals surface area (Å²) in [5.41, 5.74) is 1.74. The van der Waals surface area contributed by atoms with E-state index in [1.165, 1.54) is 0 Å². The van der Waals surface area contributed by atoms with Crippen molar-refractivity contribution in [2.45, 2.75) is 11.8 Å². The Labute approximate surface area is 106 Å². The smallest absolute Gasteiger partial charge is 0.128 e. The summed E-state index contributed by atoms with van der Waals surface area (Å²) in [6, 6.07) is 18.8. The quantitative estimate of drug-likeness (QED) is 0.750. The van der Waals surface area contributed by atoms with Gasteiger partial charge in [-0.3, -0.25) is 0 Å². The molecule has 2 atom stereocenters. The van der Waals surface area contributed by atoms with E-state index in [-0.39, 0.29) is 0 Å². The normalized spacial score (nSPS) is 13.6. The lowest BCUT2D eigenvalue weighted by atomic mass is 9.83. The summed E-state index contributed by atoms with van der Waals surface area (Å²) in [6.07, 6.45) is 1.70. The molecular weight excluding hydrogens is 224 g/mol. The van der Waals surface area contributed by atoms with E-state index in [1.54, 1.807) is 0 Å². The highest BCUT2D eigenvalue weighted by atomic mass is 16.1. The number of benzene rings is 2. The van der Waals surface area contributed by atoms with E-state index in [2.05, 4.69) is 0 Å². The van der Waals surface area contributed by atoms with Gasteiger partial charge in [-0.25, -0.2) is 0 Å². The number of rotatable bonds is 5. The van der Waals surface area contributed by atoms with E-state index in [9.17, 15) is 9.59 Å². The van der Waals surface area contributed by atoms with Crippen LogP contribution in [0.25, 0.3) is 0 Å². The van der Waals surface area contributed by atoms with Crippen molar-refractivity contribution in [2.24, 2.45) is 0 Å². The van der Waals surface area contributed by atoms with Crippen LogP contribution in [-0.4, -0.2) is 12.6 Å². The molecule has 2 aromatic rings. The Kier molecular flexibility index (Phi) is 4.02. The lowest BCUT2D eigenvalue weighted by Gasteiger charge is -2.18. The van der Waals surface area contributed by atoms with Crippen LogP contribution < -0.4 is 0 Å². The molecule has 0 heterocycles. The average molecular weight is 238 g/mol. The van der Waals surface area contributed by atoms with Crippen molar-refractivity contribution in [1.82, 2.24) is 0 Å². The van der Waals surface area contributed by atoms with Crippen LogP contribution >= 0.6 is 0 Å². The molecule has 2 unspecified atom stereocenters. The maximum Gasteiger partial charge on any atom is 0.128 e. The van der Waals surface area contributed by atoms with Gasteiger partial charge in [0.15, 0.2) is 0 Å². The van der Waals surface area contributed by atoms with Gasteiger partial charge in [-0.15, -0.1) is 0 Å². The van der Waals surface area contributed by atoms with Crippen molar-refractivity contribution < 1.29 is 9.59 Å². The standard InChI is InChI=1S/C16H14O2/c17-11-15(13-7-3-1-4-8-13)16(12-18)14-9-5-2-6-10-14/h1-12,15-16H. The Morgan fingerprint density at radius 3 is 1.22 bits per heavy atom. The van der Waals surface area contributed by atoms with Crippen LogP contribution in [0.1, 0.15) is 23.0 Å². The van der Waals surface area contributed by atoms with Crippen LogP contribution in [0.2, 0.25) is 0 Å². The molecule has 2 nitrogen and oxygen atoms in total. The molecule has 0 fully saturated rings. The molecule has 2 heteroatoms. The van der Waals surface area contributed by atoms with Crippen LogP contribution in [0, 0.1) is 0 Å². The van der Waals surface area contributed by atoms with Crippen LogP contribution in [0.4, 0.5) is 0 Å². The highest BCUT2D eigenvalue weighted by Gasteiger charge is 2.23. The topological polar surface area (TPSA) is 34.1 Å². The first-order valence-electron chi connectivity index (χ1n) is 5.87. The molecule has 18 heavy (non-hydrogen) atoms. The first kappa shape index (κ1) is 12.2. The van der Waals surface area contributed by atoms with Gasteiger partial charge in [-0.1, -0.05) is 60.7 Å². The van der Waals surface area contributed by atoms with Crippen LogP contribution in [-0.2, 0) is 9.59 Å². The third-order valence-corrected chi connectivity index (χ3v) is 3.05. The van der Waals surface area contributed by atoms with Crippen molar-refractivity contribution in [3.05, 3.63) is 71.8 Å². The van der Waals surface area contributed by atoms with Gasteiger partial charge < -0.3 is 9.59 Å². The van der Waals surface area contributed by atoms with Gasteiger partial charge in [0.25, 0.3) is 0 Å². The summed E-state index contributed by atoms with van der Waals surface area (Å²) in [4.78, 5) is 22.6. The molecule has 0 bridgehead atoms. The molecule has 0 aliphatic rings. The molecular formula is C16H14O2. The van der Waals surface area contributed by atoms with Crippen LogP contribution in [0.3, 0.4) is 0 Å². The Bertz CT molecular complexity index is 456. The summed E-state index contributed by atoms with van der Waals surface area (Å²) in [5, 5.41) is 0. The van der Waals surface area contributed by atoms with Gasteiger partial charge >= 0.3 is 0 Å². The zero-order valence-electron chi connectivity index (χ0n) is 9.90. The lowest BCUT2D eigenvalue weighted by Crippen LogP contribution is -2.14. The molecule has 2 aromatic carbocycles. The molecule has 0 radical (unpaired) electrons. The van der Waals surface area contributed by atoms with Gasteiger partial charge in [0.05, 0.1) is 11.8 Å². The van der Waals surface area contributed by atoms with E-state index in [0.717, 1.165) is 23.7 Å². The Morgan fingerprint density at radius 2 is 0.944 bits per heavy atom. The predicted octanol–water partition coefficient (Wildman–Crippen LogP) is 2.95. The highest BCUT2D eigenvalue weighted by molar-refractivity contribution is 5.75. The van der Waals surface area contributed by atoms with Gasteiger partial charge in [0, 0.05) is 0 Å². The summed E-state index contributed by atoms with van der Waals surface area (Å²) in [6.45, 7) is 0. The number of aldehydes is 2. The second-order valence-electron chi connectivity index (χ2n) is 4.15. The minimum Gasteiger partial charge on any atom is -0.303 e. The van der Waals surface area contributed by atoms with Crippen molar-refractivity contribution in [1.29, 1.82) is 0 Å². The number of carbonyl (C=O) groups excluding carboxylic acids is 2. The zero-order chi connectivity index (χ0) is 12.8. The van der Waals surface area contributed by atoms with Crippen molar-refractivity contribution >= 4 is 12.6 Å². The number of hydrogen-bond acceptors (Lipinski definition) is 2. The molecule has 0 N–H and O–H groups in total. The Morgan fingerprint density at radius 1 is 0.611 bits per heavy atom. The van der Waals surface area contributed by atoms with E-state index < -0.39 is 11.8 Å². The molecule has 0 aliphatic heterocycles. The van der Waals surface area contributed by atoms with Crippen molar-refractivity contribution in [2.75, 3.05) is 0 Å². The fourth-order valence-electron chi connectivity index (χ4n) is 2.09. The highest BCUT2D eigenvalue weighted by Crippen LogP contribution is 2.29. The first-order chi connectivity index (χ1) is 8.86. The summed E-state index contributed by atoms with van der Waals surface area (Å²) < 4.78 is 0. The Hall–Kier alpha value is -2.22. The summed E-state index contributed by atoms with van der Waals surface area (Å²) >= 11 is 0. The predicted molar refractivity (Wildman–Crippen MR) is 70.5 cm³/mol. The van der Waals surface area contributed by atoms with Gasteiger partial charge in [-0.05, 0) is 11.1 Å². The molecule has 0 aromatic heterocycles. The second-order valence-corrected chi connectivity index (χ2v) is 4.15. The third kappa shape index (κ3) is 2.54. The second kappa shape index (κ2) is 5.92. The molecule has 90 valence electrons. The maximum absolute atomic E-state index is 11.3. The van der Waals surface area contributed by atoms with E-state index in [0.29, 0.717) is 0 Å². The monoisotopic (exact) mass is 238 g/mol. The minimum atomic E-state index is -0.425. The van der Waals surface area contributed by atoms with Gasteiger partial charge in [-0.2, -0.15) is 0 Å². The third-order valence-electron chi connectivity index (χ3n) is 3.05. The fraction of sp³-hybridized carbons (Fsp3) is 0.125. The van der Waals surface area contributed by atoms with E-state index >= 15 is 0 Å². The Balaban J connectivity index is 2.37. The minimum absolute atomic E-state index is 0.425. The molecule has 2 rings (SSSR count). The fourth-order valence-corrected chi connectivity index (χ4v) is 2.09. The summed E-state index contributed by atoms with van der Waals surface area (Å²) in [5.74, 6) is -0.850. The molecule has 0 amide bonds. The largest absolute Gasteiger partial charge is 0.303 e. The van der Waals surface area contributed by atoms with Crippen LogP contribution in [0.15, 0.2) is 60.7 Å². The molecule has 0 saturated heterocycles. The van der Waals surface area contributed by atoms with Crippen molar-refractivity contribution in [3.63, 3.8) is 0 Å². The van der Waals surface area contributed by atoms with Gasteiger partial charge in [0.2, 0.25) is 0 Å². The average Bonchev–Trinajstić information content (AvgIpc) is 2.46. The maximum atomic E-state index is 11.3. The zero-order valence-corrected chi connectivity index (χ0v) is 9.90. The van der Waals surface area contributed by atoms with E-state index in [1.807, 2.05) is 60.7 Å². The molecule has 0 aliphatic carbocycles. The SMILES string of the molecule is O=CC(c1ccccc1)C(C=O)c1ccccc1. The van der Waals surface area contributed by atoms with Crippen LogP contribution in [0.5, 0.6) is 0 Å². The van der Waals surface area contributed by atoms with Crippen molar-refractivity contribution in [3.8, 4) is 0 Å².